The van der Waals surface area contributed by atoms with E-state index in [2.05, 4.69) is 41.7 Å². The summed E-state index contributed by atoms with van der Waals surface area (Å²) < 4.78 is 14.5. The van der Waals surface area contributed by atoms with Crippen molar-refractivity contribution in [1.29, 1.82) is 0 Å². The number of hydrogen-bond donors (Lipinski definition) is 3. The molecule has 0 radical (unpaired) electrons. The Balaban J connectivity index is 0.00000130. The minimum absolute atomic E-state index is 0. The molecule has 7 heteroatoms. The SMILES string of the molecule is O=C1Cc2cc(CC[NH+]3CC[NH+](C4Cc5cccc6cccc4c56)CC3)c(F)cc2N1.[Cl-].[Cl-]. The monoisotopic (exact) mass is 487 g/mol. The van der Waals surface area contributed by atoms with E-state index in [4.69, 9.17) is 0 Å². The lowest BCUT2D eigenvalue weighted by Gasteiger charge is -2.33. The molecule has 2 aliphatic heterocycles. The second-order valence-corrected chi connectivity index (χ2v) is 9.35. The van der Waals surface area contributed by atoms with Crippen LogP contribution in [0.4, 0.5) is 10.1 Å². The highest BCUT2D eigenvalue weighted by Crippen LogP contribution is 2.35. The highest BCUT2D eigenvalue weighted by Gasteiger charge is 2.35. The van der Waals surface area contributed by atoms with Crippen molar-refractivity contribution < 1.29 is 43.8 Å². The third-order valence-corrected chi connectivity index (χ3v) is 7.56. The fourth-order valence-electron chi connectivity index (χ4n) is 5.93. The number of fused-ring (bicyclic) bond motifs is 1. The normalized spacial score (nSPS) is 22.9. The summed E-state index contributed by atoms with van der Waals surface area (Å²) in [5, 5.41) is 5.58. The number of halogens is 3. The van der Waals surface area contributed by atoms with Crippen molar-refractivity contribution in [2.75, 3.05) is 38.0 Å². The second kappa shape index (κ2) is 9.59. The molecule has 0 bridgehead atoms. The summed E-state index contributed by atoms with van der Waals surface area (Å²) in [5.74, 6) is -0.234. The lowest BCUT2D eigenvalue weighted by molar-refractivity contribution is -1.03. The van der Waals surface area contributed by atoms with Crippen LogP contribution in [0.25, 0.3) is 10.8 Å². The molecule has 2 heterocycles. The van der Waals surface area contributed by atoms with E-state index in [1.807, 2.05) is 6.07 Å². The maximum Gasteiger partial charge on any atom is 0.228 e. The van der Waals surface area contributed by atoms with Crippen LogP contribution in [0.3, 0.4) is 0 Å². The number of benzene rings is 3. The van der Waals surface area contributed by atoms with Gasteiger partial charge in [0.15, 0.2) is 0 Å². The van der Waals surface area contributed by atoms with Gasteiger partial charge in [-0.1, -0.05) is 42.5 Å². The Hall–Kier alpha value is -2.18. The molecule has 1 atom stereocenters. The number of hydrogen-bond acceptors (Lipinski definition) is 1. The summed E-state index contributed by atoms with van der Waals surface area (Å²) in [7, 11) is 0. The van der Waals surface area contributed by atoms with Gasteiger partial charge < -0.3 is 39.9 Å². The number of amides is 1. The van der Waals surface area contributed by atoms with Crippen molar-refractivity contribution in [2.45, 2.75) is 25.3 Å². The zero-order valence-corrected chi connectivity index (χ0v) is 19.9. The first kappa shape index (κ1) is 24.0. The third-order valence-electron chi connectivity index (χ3n) is 7.56. The molecule has 0 aromatic heterocycles. The fraction of sp³-hybridized carbons (Fsp3) is 0.346. The van der Waals surface area contributed by atoms with E-state index in [1.54, 1.807) is 9.80 Å². The summed E-state index contributed by atoms with van der Waals surface area (Å²) in [6, 6.07) is 17.4. The Bertz CT molecular complexity index is 1190. The van der Waals surface area contributed by atoms with Crippen LogP contribution in [0.2, 0.25) is 0 Å². The molecule has 174 valence electrons. The minimum atomic E-state index is -0.193. The van der Waals surface area contributed by atoms with Gasteiger partial charge in [0.05, 0.1) is 13.0 Å². The van der Waals surface area contributed by atoms with Gasteiger partial charge in [0.25, 0.3) is 0 Å². The topological polar surface area (TPSA) is 38.0 Å². The quantitative estimate of drug-likeness (QED) is 0.339. The molecule has 6 rings (SSSR count). The van der Waals surface area contributed by atoms with E-state index in [-0.39, 0.29) is 36.5 Å². The van der Waals surface area contributed by atoms with Gasteiger partial charge in [0.2, 0.25) is 5.91 Å². The minimum Gasteiger partial charge on any atom is -1.00 e. The molecule has 0 saturated carbocycles. The molecular weight excluding hydrogens is 460 g/mol. The van der Waals surface area contributed by atoms with Gasteiger partial charge in [0, 0.05) is 24.1 Å². The average molecular weight is 488 g/mol. The van der Waals surface area contributed by atoms with Crippen molar-refractivity contribution in [3.63, 3.8) is 0 Å². The van der Waals surface area contributed by atoms with Crippen LogP contribution in [0.5, 0.6) is 0 Å². The van der Waals surface area contributed by atoms with Gasteiger partial charge in [-0.2, -0.15) is 0 Å². The van der Waals surface area contributed by atoms with Crippen molar-refractivity contribution in [1.82, 2.24) is 0 Å². The fourth-order valence-corrected chi connectivity index (χ4v) is 5.93. The summed E-state index contributed by atoms with van der Waals surface area (Å²) >= 11 is 0. The van der Waals surface area contributed by atoms with Gasteiger partial charge in [-0.05, 0) is 33.5 Å². The van der Waals surface area contributed by atoms with E-state index in [9.17, 15) is 9.18 Å². The zero-order chi connectivity index (χ0) is 20.9. The molecule has 33 heavy (non-hydrogen) atoms. The smallest absolute Gasteiger partial charge is 0.228 e. The molecule has 1 amide bonds. The standard InChI is InChI=1S/C26H26FN3O.2ClH/c27-22-16-23-20(15-25(31)28-23)13-18(22)7-8-29-9-11-30(12-10-29)24-14-19-5-1-3-17-4-2-6-21(24)26(17)19;;/h1-6,13,16,24H,7-12,14-15H2,(H,28,31);2*1H. The van der Waals surface area contributed by atoms with Gasteiger partial charge >= 0.3 is 0 Å². The molecule has 3 aromatic carbocycles. The van der Waals surface area contributed by atoms with E-state index >= 15 is 0 Å². The average Bonchev–Trinajstić information content (AvgIpc) is 3.33. The van der Waals surface area contributed by atoms with Crippen LogP contribution in [0.15, 0.2) is 48.5 Å². The van der Waals surface area contributed by atoms with E-state index < -0.39 is 0 Å². The van der Waals surface area contributed by atoms with Crippen LogP contribution < -0.4 is 39.9 Å². The summed E-state index contributed by atoms with van der Waals surface area (Å²) in [5.41, 5.74) is 5.34. The molecular formula is C26H28Cl2FN3O. The molecule has 1 unspecified atom stereocenters. The lowest BCUT2D eigenvalue weighted by atomic mass is 10.0. The number of anilines is 1. The molecule has 3 aliphatic rings. The maximum atomic E-state index is 14.5. The highest BCUT2D eigenvalue weighted by atomic mass is 35.5. The molecule has 3 N–H and O–H groups in total. The number of carbonyl (C=O) groups excluding carboxylic acids is 1. The largest absolute Gasteiger partial charge is 1.00 e. The predicted octanol–water partition coefficient (Wildman–Crippen LogP) is -4.90. The molecule has 1 saturated heterocycles. The Morgan fingerprint density at radius 3 is 2.52 bits per heavy atom. The van der Waals surface area contributed by atoms with Crippen LogP contribution >= 0.6 is 0 Å². The molecule has 0 spiro atoms. The Morgan fingerprint density at radius 1 is 0.970 bits per heavy atom. The molecule has 3 aromatic rings. The highest BCUT2D eigenvalue weighted by molar-refractivity contribution is 5.99. The third kappa shape index (κ3) is 4.35. The Labute approximate surface area is 206 Å². The number of quaternary nitrogens is 2. The Morgan fingerprint density at radius 2 is 1.73 bits per heavy atom. The van der Waals surface area contributed by atoms with Crippen LogP contribution in [0.1, 0.15) is 28.3 Å². The van der Waals surface area contributed by atoms with E-state index in [0.717, 1.165) is 56.7 Å². The van der Waals surface area contributed by atoms with Crippen LogP contribution in [0, 0.1) is 5.82 Å². The summed E-state index contributed by atoms with van der Waals surface area (Å²) in [6.45, 7) is 5.53. The number of carbonyl (C=O) groups is 1. The Kier molecular flexibility index (Phi) is 6.96. The summed E-state index contributed by atoms with van der Waals surface area (Å²) in [6.07, 6.45) is 2.24. The van der Waals surface area contributed by atoms with E-state index in [1.165, 1.54) is 28.0 Å². The molecule has 1 aliphatic carbocycles. The number of nitrogens with one attached hydrogen (secondary N) is 3. The summed E-state index contributed by atoms with van der Waals surface area (Å²) in [4.78, 5) is 14.8. The van der Waals surface area contributed by atoms with Crippen molar-refractivity contribution >= 4 is 22.4 Å². The predicted molar refractivity (Wildman–Crippen MR) is 119 cm³/mol. The number of rotatable bonds is 4. The van der Waals surface area contributed by atoms with Gasteiger partial charge in [-0.3, -0.25) is 4.79 Å². The van der Waals surface area contributed by atoms with Gasteiger partial charge in [0.1, 0.15) is 38.0 Å². The zero-order valence-electron chi connectivity index (χ0n) is 18.4. The first-order valence-electron chi connectivity index (χ1n) is 11.5. The maximum absolute atomic E-state index is 14.5. The first-order valence-corrected chi connectivity index (χ1v) is 11.5. The molecule has 1 fully saturated rings. The first-order chi connectivity index (χ1) is 15.2. The van der Waals surface area contributed by atoms with Crippen molar-refractivity contribution in [3.05, 3.63) is 76.6 Å². The van der Waals surface area contributed by atoms with Crippen molar-refractivity contribution in [3.8, 4) is 0 Å². The van der Waals surface area contributed by atoms with Crippen LogP contribution in [-0.2, 0) is 24.1 Å². The molecule has 4 nitrogen and oxygen atoms in total. The van der Waals surface area contributed by atoms with Crippen LogP contribution in [-0.4, -0.2) is 38.6 Å². The van der Waals surface area contributed by atoms with Gasteiger partial charge in [-0.15, -0.1) is 0 Å². The second-order valence-electron chi connectivity index (χ2n) is 9.35. The lowest BCUT2D eigenvalue weighted by Crippen LogP contribution is -3.28. The van der Waals surface area contributed by atoms with E-state index in [0.29, 0.717) is 18.2 Å². The van der Waals surface area contributed by atoms with Crippen molar-refractivity contribution in [2.24, 2.45) is 0 Å². The number of piperazine rings is 1. The van der Waals surface area contributed by atoms with Gasteiger partial charge in [-0.25, -0.2) is 4.39 Å².